The Morgan fingerprint density at radius 2 is 2.00 bits per heavy atom. The van der Waals surface area contributed by atoms with Gasteiger partial charge in [-0.3, -0.25) is 9.59 Å². The fraction of sp³-hybridized carbons (Fsp3) is 0.778. The molecule has 0 bridgehead atoms. The first-order chi connectivity index (χ1) is 9.62. The smallest absolute Gasteiger partial charge is 0.307 e. The molecule has 1 saturated carbocycles. The number of fused-ring (bicyclic) bond motifs is 1. The molecule has 21 heavy (non-hydrogen) atoms. The van der Waals surface area contributed by atoms with E-state index in [2.05, 4.69) is 6.92 Å². The van der Waals surface area contributed by atoms with Gasteiger partial charge in [-0.05, 0) is 42.6 Å². The fourth-order valence-corrected chi connectivity index (χ4v) is 3.76. The van der Waals surface area contributed by atoms with Crippen LogP contribution in [0, 0.1) is 10.8 Å². The Kier molecular flexibility index (Phi) is 4.32. The third-order valence-electron chi connectivity index (χ3n) is 4.83. The van der Waals surface area contributed by atoms with Crippen LogP contribution in [0.2, 0.25) is 0 Å². The van der Waals surface area contributed by atoms with E-state index in [4.69, 9.17) is 4.74 Å². The fourth-order valence-electron chi connectivity index (χ4n) is 3.76. The van der Waals surface area contributed by atoms with Crippen LogP contribution >= 0.6 is 0 Å². The van der Waals surface area contributed by atoms with Crippen LogP contribution in [0.3, 0.4) is 0 Å². The molecule has 0 saturated heterocycles. The highest BCUT2D eigenvalue weighted by molar-refractivity contribution is 6.01. The van der Waals surface area contributed by atoms with Crippen molar-refractivity contribution in [1.82, 2.24) is 0 Å². The van der Waals surface area contributed by atoms with E-state index in [0.717, 1.165) is 18.4 Å². The van der Waals surface area contributed by atoms with Crippen LogP contribution < -0.4 is 0 Å². The largest absolute Gasteiger partial charge is 0.454 e. The zero-order chi connectivity index (χ0) is 15.8. The average molecular weight is 292 g/mol. The summed E-state index contributed by atoms with van der Waals surface area (Å²) in [6, 6.07) is 0. The third-order valence-corrected chi connectivity index (χ3v) is 4.83. The van der Waals surface area contributed by atoms with Gasteiger partial charge in [0.2, 0.25) is 0 Å². The Balaban J connectivity index is 2.14. The Morgan fingerprint density at radius 1 is 1.33 bits per heavy atom. The molecule has 118 valence electrons. The van der Waals surface area contributed by atoms with Crippen molar-refractivity contribution in [3.8, 4) is 0 Å². The number of hydrogen-bond donors (Lipinski definition) is 0. The Morgan fingerprint density at radius 3 is 2.62 bits per heavy atom. The van der Waals surface area contributed by atoms with Gasteiger partial charge in [0.05, 0.1) is 6.42 Å². The van der Waals surface area contributed by atoms with Gasteiger partial charge < -0.3 is 4.74 Å². The molecule has 0 spiro atoms. The molecule has 0 heterocycles. The summed E-state index contributed by atoms with van der Waals surface area (Å²) in [5.74, 6) is -0.233. The minimum absolute atomic E-state index is 0.0200. The molecule has 2 rings (SSSR count). The van der Waals surface area contributed by atoms with Crippen molar-refractivity contribution in [2.75, 3.05) is 0 Å². The quantitative estimate of drug-likeness (QED) is 0.716. The SMILES string of the molecule is CC1=C2CCCC[C@@]2(C)CC(OC(=O)CC(C)(C)C)C1=O. The van der Waals surface area contributed by atoms with Crippen LogP contribution in [-0.4, -0.2) is 17.9 Å². The predicted octanol–water partition coefficient (Wildman–Crippen LogP) is 4.20. The number of esters is 1. The van der Waals surface area contributed by atoms with E-state index >= 15 is 0 Å². The topological polar surface area (TPSA) is 43.4 Å². The summed E-state index contributed by atoms with van der Waals surface area (Å²) in [6.45, 7) is 10.1. The summed E-state index contributed by atoms with van der Waals surface area (Å²) in [6.07, 6.45) is 4.93. The van der Waals surface area contributed by atoms with Crippen molar-refractivity contribution in [3.63, 3.8) is 0 Å². The Labute approximate surface area is 128 Å². The summed E-state index contributed by atoms with van der Waals surface area (Å²) in [4.78, 5) is 24.5. The highest BCUT2D eigenvalue weighted by Crippen LogP contribution is 2.49. The minimum Gasteiger partial charge on any atom is -0.454 e. The summed E-state index contributed by atoms with van der Waals surface area (Å²) in [5, 5.41) is 0. The van der Waals surface area contributed by atoms with Crippen molar-refractivity contribution in [1.29, 1.82) is 0 Å². The molecule has 0 N–H and O–H groups in total. The zero-order valence-corrected chi connectivity index (χ0v) is 14.0. The zero-order valence-electron chi connectivity index (χ0n) is 14.0. The molecule has 0 amide bonds. The highest BCUT2D eigenvalue weighted by atomic mass is 16.5. The second kappa shape index (κ2) is 5.58. The van der Waals surface area contributed by atoms with Gasteiger partial charge in [0.25, 0.3) is 0 Å². The molecule has 0 aromatic rings. The van der Waals surface area contributed by atoms with Crippen molar-refractivity contribution in [3.05, 3.63) is 11.1 Å². The maximum absolute atomic E-state index is 12.5. The van der Waals surface area contributed by atoms with Gasteiger partial charge in [0, 0.05) is 6.42 Å². The molecular weight excluding hydrogens is 264 g/mol. The number of rotatable bonds is 2. The molecular formula is C18H28O3. The number of ether oxygens (including phenoxy) is 1. The lowest BCUT2D eigenvalue weighted by molar-refractivity contribution is -0.158. The van der Waals surface area contributed by atoms with Crippen molar-refractivity contribution in [2.45, 2.75) is 79.2 Å². The van der Waals surface area contributed by atoms with Crippen molar-refractivity contribution >= 4 is 11.8 Å². The molecule has 2 atom stereocenters. The monoisotopic (exact) mass is 292 g/mol. The van der Waals surface area contributed by atoms with Crippen LogP contribution in [0.15, 0.2) is 11.1 Å². The lowest BCUT2D eigenvalue weighted by atomic mass is 9.63. The normalized spacial score (nSPS) is 30.1. The van der Waals surface area contributed by atoms with Crippen LogP contribution in [0.25, 0.3) is 0 Å². The first kappa shape index (κ1) is 16.3. The lowest BCUT2D eigenvalue weighted by Gasteiger charge is -2.43. The van der Waals surface area contributed by atoms with Crippen LogP contribution in [0.5, 0.6) is 0 Å². The van der Waals surface area contributed by atoms with Crippen molar-refractivity contribution < 1.29 is 14.3 Å². The summed E-state index contributed by atoms with van der Waals surface area (Å²) in [7, 11) is 0. The van der Waals surface area contributed by atoms with E-state index in [0.29, 0.717) is 12.8 Å². The maximum Gasteiger partial charge on any atom is 0.307 e. The first-order valence-corrected chi connectivity index (χ1v) is 8.06. The first-order valence-electron chi connectivity index (χ1n) is 8.06. The van der Waals surface area contributed by atoms with Gasteiger partial charge in [-0.2, -0.15) is 0 Å². The van der Waals surface area contributed by atoms with Crippen LogP contribution in [0.4, 0.5) is 0 Å². The Bertz CT molecular complexity index is 481. The number of hydrogen-bond acceptors (Lipinski definition) is 3. The van der Waals surface area contributed by atoms with E-state index in [9.17, 15) is 9.59 Å². The molecule has 0 radical (unpaired) electrons. The summed E-state index contributed by atoms with van der Waals surface area (Å²) < 4.78 is 5.54. The van der Waals surface area contributed by atoms with Gasteiger partial charge in [-0.25, -0.2) is 0 Å². The molecule has 3 nitrogen and oxygen atoms in total. The number of carbonyl (C=O) groups excluding carboxylic acids is 2. The predicted molar refractivity (Wildman–Crippen MR) is 82.9 cm³/mol. The number of allylic oxidation sites excluding steroid dienone is 1. The second-order valence-electron chi connectivity index (χ2n) is 8.16. The van der Waals surface area contributed by atoms with Crippen LogP contribution in [0.1, 0.15) is 73.1 Å². The van der Waals surface area contributed by atoms with Gasteiger partial charge in [-0.15, -0.1) is 0 Å². The molecule has 0 aromatic carbocycles. The lowest BCUT2D eigenvalue weighted by Crippen LogP contribution is -2.42. The maximum atomic E-state index is 12.5. The van der Waals surface area contributed by atoms with E-state index in [1.165, 1.54) is 18.4 Å². The average Bonchev–Trinajstić information content (AvgIpc) is 2.33. The molecule has 1 unspecified atom stereocenters. The van der Waals surface area contributed by atoms with Gasteiger partial charge in [0.1, 0.15) is 0 Å². The molecule has 1 fully saturated rings. The number of ketones is 1. The van der Waals surface area contributed by atoms with E-state index in [-0.39, 0.29) is 22.6 Å². The number of Topliss-reactive ketones (excluding diaryl/α,β-unsaturated/α-hetero) is 1. The Hall–Kier alpha value is -1.12. The summed E-state index contributed by atoms with van der Waals surface area (Å²) in [5.41, 5.74) is 2.08. The third kappa shape index (κ3) is 3.56. The molecule has 2 aliphatic rings. The standard InChI is InChI=1S/C18H28O3/c1-12-13-8-6-7-9-18(13,5)10-14(16(12)20)21-15(19)11-17(2,3)4/h14H,6-11H2,1-5H3/t14?,18-/m0/s1. The molecule has 2 aliphatic carbocycles. The van der Waals surface area contributed by atoms with Gasteiger partial charge in [0.15, 0.2) is 11.9 Å². The molecule has 0 aromatic heterocycles. The molecule has 0 aliphatic heterocycles. The molecule has 3 heteroatoms. The minimum atomic E-state index is -0.577. The van der Waals surface area contributed by atoms with Gasteiger partial charge in [-0.1, -0.05) is 39.7 Å². The second-order valence-corrected chi connectivity index (χ2v) is 8.16. The van der Waals surface area contributed by atoms with Crippen LogP contribution in [-0.2, 0) is 14.3 Å². The number of carbonyl (C=O) groups is 2. The van der Waals surface area contributed by atoms with E-state index in [1.807, 2.05) is 27.7 Å². The van der Waals surface area contributed by atoms with E-state index in [1.54, 1.807) is 0 Å². The van der Waals surface area contributed by atoms with E-state index < -0.39 is 6.10 Å². The highest BCUT2D eigenvalue weighted by Gasteiger charge is 2.44. The van der Waals surface area contributed by atoms with Crippen molar-refractivity contribution in [2.24, 2.45) is 10.8 Å². The summed E-state index contributed by atoms with van der Waals surface area (Å²) >= 11 is 0. The van der Waals surface area contributed by atoms with Gasteiger partial charge >= 0.3 is 5.97 Å².